The van der Waals surface area contributed by atoms with Crippen LogP contribution < -0.4 is 15.2 Å². The Hall–Kier alpha value is -0.740. The summed E-state index contributed by atoms with van der Waals surface area (Å²) in [5.41, 5.74) is 7.39. The van der Waals surface area contributed by atoms with Crippen molar-refractivity contribution in [1.82, 2.24) is 0 Å². The summed E-state index contributed by atoms with van der Waals surface area (Å²) in [6, 6.07) is 3.98. The van der Waals surface area contributed by atoms with Crippen molar-refractivity contribution in [3.63, 3.8) is 0 Å². The standard InChI is InChI=1S/C13H18BrNO2/c1-16-11-6-9(10(14)7-12(11)17-2)13(15)8-4-3-5-8/h6-8,13H,3-5,15H2,1-2H3/t13-/m0/s1. The van der Waals surface area contributed by atoms with Crippen molar-refractivity contribution in [2.75, 3.05) is 14.2 Å². The number of nitrogens with two attached hydrogens (primary N) is 1. The zero-order chi connectivity index (χ0) is 12.4. The largest absolute Gasteiger partial charge is 0.493 e. The van der Waals surface area contributed by atoms with Gasteiger partial charge in [-0.05, 0) is 36.5 Å². The zero-order valence-electron chi connectivity index (χ0n) is 10.2. The third kappa shape index (κ3) is 2.43. The summed E-state index contributed by atoms with van der Waals surface area (Å²) in [7, 11) is 3.28. The molecule has 0 saturated heterocycles. The first-order valence-electron chi connectivity index (χ1n) is 5.84. The summed E-state index contributed by atoms with van der Waals surface area (Å²) in [6.07, 6.45) is 3.74. The number of methoxy groups -OCH3 is 2. The molecule has 0 unspecified atom stereocenters. The Morgan fingerprint density at radius 1 is 1.24 bits per heavy atom. The van der Waals surface area contributed by atoms with Crippen LogP contribution in [-0.4, -0.2) is 14.2 Å². The van der Waals surface area contributed by atoms with Crippen LogP contribution in [0.2, 0.25) is 0 Å². The van der Waals surface area contributed by atoms with Crippen molar-refractivity contribution in [2.24, 2.45) is 11.7 Å². The van der Waals surface area contributed by atoms with Crippen LogP contribution in [0.1, 0.15) is 30.9 Å². The Morgan fingerprint density at radius 2 is 1.82 bits per heavy atom. The molecular weight excluding hydrogens is 282 g/mol. The van der Waals surface area contributed by atoms with Gasteiger partial charge in [-0.1, -0.05) is 22.4 Å². The lowest BCUT2D eigenvalue weighted by Crippen LogP contribution is -2.27. The van der Waals surface area contributed by atoms with Gasteiger partial charge in [-0.15, -0.1) is 0 Å². The second-order valence-corrected chi connectivity index (χ2v) is 5.30. The molecule has 0 radical (unpaired) electrons. The van der Waals surface area contributed by atoms with Gasteiger partial charge in [-0.3, -0.25) is 0 Å². The van der Waals surface area contributed by atoms with Crippen LogP contribution in [0.15, 0.2) is 16.6 Å². The molecule has 0 aromatic heterocycles. The summed E-state index contributed by atoms with van der Waals surface area (Å²) < 4.78 is 11.6. The molecule has 1 aromatic rings. The maximum Gasteiger partial charge on any atom is 0.161 e. The van der Waals surface area contributed by atoms with Crippen molar-refractivity contribution in [2.45, 2.75) is 25.3 Å². The Morgan fingerprint density at radius 3 is 2.29 bits per heavy atom. The van der Waals surface area contributed by atoms with Gasteiger partial charge in [0.2, 0.25) is 0 Å². The van der Waals surface area contributed by atoms with E-state index in [9.17, 15) is 0 Å². The predicted octanol–water partition coefficient (Wildman–Crippen LogP) is 3.27. The number of benzene rings is 1. The maximum absolute atomic E-state index is 6.29. The Bertz CT molecular complexity index is 405. The van der Waals surface area contributed by atoms with Gasteiger partial charge in [0.05, 0.1) is 14.2 Å². The molecule has 0 aliphatic heterocycles. The minimum Gasteiger partial charge on any atom is -0.493 e. The third-order valence-electron chi connectivity index (χ3n) is 3.52. The topological polar surface area (TPSA) is 44.5 Å². The average molecular weight is 300 g/mol. The van der Waals surface area contributed by atoms with Crippen molar-refractivity contribution < 1.29 is 9.47 Å². The van der Waals surface area contributed by atoms with Gasteiger partial charge >= 0.3 is 0 Å². The van der Waals surface area contributed by atoms with E-state index in [1.165, 1.54) is 19.3 Å². The van der Waals surface area contributed by atoms with E-state index in [-0.39, 0.29) is 6.04 Å². The molecule has 0 amide bonds. The second-order valence-electron chi connectivity index (χ2n) is 4.45. The fourth-order valence-corrected chi connectivity index (χ4v) is 2.76. The molecule has 1 saturated carbocycles. The first-order chi connectivity index (χ1) is 8.17. The lowest BCUT2D eigenvalue weighted by Gasteiger charge is -2.32. The molecule has 1 atom stereocenters. The van der Waals surface area contributed by atoms with E-state index < -0.39 is 0 Å². The van der Waals surface area contributed by atoms with E-state index in [0.717, 1.165) is 21.5 Å². The van der Waals surface area contributed by atoms with E-state index >= 15 is 0 Å². The molecule has 1 fully saturated rings. The normalized spacial score (nSPS) is 17.4. The lowest BCUT2D eigenvalue weighted by molar-refractivity contribution is 0.263. The van der Waals surface area contributed by atoms with E-state index in [4.69, 9.17) is 15.2 Å². The van der Waals surface area contributed by atoms with E-state index in [1.807, 2.05) is 12.1 Å². The molecule has 94 valence electrons. The highest BCUT2D eigenvalue weighted by molar-refractivity contribution is 9.10. The number of rotatable bonds is 4. The summed E-state index contributed by atoms with van der Waals surface area (Å²) in [4.78, 5) is 0. The summed E-state index contributed by atoms with van der Waals surface area (Å²) in [5.74, 6) is 2.06. The quantitative estimate of drug-likeness (QED) is 0.928. The molecule has 1 aromatic carbocycles. The highest BCUT2D eigenvalue weighted by atomic mass is 79.9. The number of halogens is 1. The van der Waals surface area contributed by atoms with Crippen LogP contribution in [0.5, 0.6) is 11.5 Å². The smallest absolute Gasteiger partial charge is 0.161 e. The number of hydrogen-bond donors (Lipinski definition) is 1. The summed E-state index contributed by atoms with van der Waals surface area (Å²) in [6.45, 7) is 0. The van der Waals surface area contributed by atoms with Gasteiger partial charge in [0.15, 0.2) is 11.5 Å². The Kier molecular flexibility index (Phi) is 3.94. The molecule has 0 spiro atoms. The fraction of sp³-hybridized carbons (Fsp3) is 0.538. The fourth-order valence-electron chi connectivity index (χ4n) is 2.18. The SMILES string of the molecule is COc1cc(Br)c([C@@H](N)C2CCC2)cc1OC. The Labute approximate surface area is 110 Å². The second kappa shape index (κ2) is 5.27. The van der Waals surface area contributed by atoms with Crippen LogP contribution in [0, 0.1) is 5.92 Å². The molecule has 1 aliphatic carbocycles. The van der Waals surface area contributed by atoms with Crippen LogP contribution >= 0.6 is 15.9 Å². The van der Waals surface area contributed by atoms with Crippen molar-refractivity contribution in [1.29, 1.82) is 0 Å². The summed E-state index contributed by atoms with van der Waals surface area (Å²) in [5, 5.41) is 0. The molecule has 1 aliphatic rings. The lowest BCUT2D eigenvalue weighted by atomic mass is 9.77. The molecule has 0 heterocycles. The van der Waals surface area contributed by atoms with Gasteiger partial charge in [0.25, 0.3) is 0 Å². The van der Waals surface area contributed by atoms with Crippen LogP contribution in [0.3, 0.4) is 0 Å². The molecule has 2 rings (SSSR count). The molecular formula is C13H18BrNO2. The molecule has 0 bridgehead atoms. The highest BCUT2D eigenvalue weighted by Crippen LogP contribution is 2.42. The minimum atomic E-state index is 0.0814. The van der Waals surface area contributed by atoms with E-state index in [2.05, 4.69) is 15.9 Å². The number of ether oxygens (including phenoxy) is 2. The van der Waals surface area contributed by atoms with Gasteiger partial charge in [0.1, 0.15) is 0 Å². The average Bonchev–Trinajstić information content (AvgIpc) is 2.26. The van der Waals surface area contributed by atoms with Crippen molar-refractivity contribution >= 4 is 15.9 Å². The monoisotopic (exact) mass is 299 g/mol. The number of hydrogen-bond acceptors (Lipinski definition) is 3. The van der Waals surface area contributed by atoms with Crippen LogP contribution in [0.25, 0.3) is 0 Å². The van der Waals surface area contributed by atoms with E-state index in [1.54, 1.807) is 14.2 Å². The van der Waals surface area contributed by atoms with Gasteiger partial charge in [-0.25, -0.2) is 0 Å². The molecule has 17 heavy (non-hydrogen) atoms. The summed E-state index contributed by atoms with van der Waals surface area (Å²) >= 11 is 3.56. The van der Waals surface area contributed by atoms with Gasteiger partial charge in [0, 0.05) is 10.5 Å². The van der Waals surface area contributed by atoms with Crippen molar-refractivity contribution in [3.8, 4) is 11.5 Å². The zero-order valence-corrected chi connectivity index (χ0v) is 11.8. The minimum absolute atomic E-state index is 0.0814. The van der Waals surface area contributed by atoms with Crippen LogP contribution in [-0.2, 0) is 0 Å². The van der Waals surface area contributed by atoms with Crippen LogP contribution in [0.4, 0.5) is 0 Å². The molecule has 3 nitrogen and oxygen atoms in total. The van der Waals surface area contributed by atoms with Crippen molar-refractivity contribution in [3.05, 3.63) is 22.2 Å². The Balaban J connectivity index is 2.32. The maximum atomic E-state index is 6.29. The van der Waals surface area contributed by atoms with E-state index in [0.29, 0.717) is 5.92 Å². The molecule has 4 heteroatoms. The van der Waals surface area contributed by atoms with Gasteiger partial charge < -0.3 is 15.2 Å². The first kappa shape index (κ1) is 12.7. The van der Waals surface area contributed by atoms with Gasteiger partial charge in [-0.2, -0.15) is 0 Å². The predicted molar refractivity (Wildman–Crippen MR) is 71.5 cm³/mol. The third-order valence-corrected chi connectivity index (χ3v) is 4.21. The first-order valence-corrected chi connectivity index (χ1v) is 6.63. The molecule has 2 N–H and O–H groups in total. The highest BCUT2D eigenvalue weighted by Gasteiger charge is 2.27.